The molecule has 3 aliphatic heterocycles. The van der Waals surface area contributed by atoms with Crippen LogP contribution >= 0.6 is 0 Å². The Morgan fingerprint density at radius 2 is 2.08 bits per heavy atom. The third-order valence-electron chi connectivity index (χ3n) is 6.56. The van der Waals surface area contributed by atoms with E-state index in [0.29, 0.717) is 29.8 Å². The second kappa shape index (κ2) is 7.06. The van der Waals surface area contributed by atoms with Crippen molar-refractivity contribution in [1.29, 1.82) is 0 Å². The molecule has 6 heteroatoms. The van der Waals surface area contributed by atoms with Crippen LogP contribution in [0.5, 0.6) is 0 Å². The van der Waals surface area contributed by atoms with E-state index in [1.54, 1.807) is 0 Å². The second-order valence-corrected chi connectivity index (χ2v) is 8.10. The molecular weight excluding hydrogens is 314 g/mol. The van der Waals surface area contributed by atoms with E-state index in [1.807, 2.05) is 6.33 Å². The summed E-state index contributed by atoms with van der Waals surface area (Å²) in [5.41, 5.74) is 0. The summed E-state index contributed by atoms with van der Waals surface area (Å²) in [4.78, 5) is 17.6. The Labute approximate surface area is 150 Å². The standard InChI is InChI=1S/C19H31N5O/c1-3-6-16-14-9-15(17-7-5-8-19(25)24(16)17)11-22(10-14)12-18-21-20-13-23(18)4-2/h13-17H,3-12H2,1-2H3/t14-,15+,16-,17-/m0/s1. The van der Waals surface area contributed by atoms with Gasteiger partial charge >= 0.3 is 0 Å². The average Bonchev–Trinajstić information content (AvgIpc) is 3.06. The monoisotopic (exact) mass is 345 g/mol. The Morgan fingerprint density at radius 3 is 2.88 bits per heavy atom. The van der Waals surface area contributed by atoms with Gasteiger partial charge in [-0.2, -0.15) is 0 Å². The van der Waals surface area contributed by atoms with Gasteiger partial charge in [0.05, 0.1) is 6.54 Å². The molecule has 1 amide bonds. The predicted octanol–water partition coefficient (Wildman–Crippen LogP) is 2.30. The van der Waals surface area contributed by atoms with Crippen molar-refractivity contribution in [3.63, 3.8) is 0 Å². The molecule has 6 nitrogen and oxygen atoms in total. The van der Waals surface area contributed by atoms with Gasteiger partial charge in [0.2, 0.25) is 5.91 Å². The number of aromatic nitrogens is 3. The molecule has 0 unspecified atom stereocenters. The van der Waals surface area contributed by atoms with Gasteiger partial charge in [-0.1, -0.05) is 13.3 Å². The third kappa shape index (κ3) is 3.09. The van der Waals surface area contributed by atoms with E-state index in [-0.39, 0.29) is 0 Å². The lowest BCUT2D eigenvalue weighted by Crippen LogP contribution is -2.64. The normalized spacial score (nSPS) is 32.7. The SMILES string of the molecule is CCC[C@H]1[C@H]2C[C@H](CN(Cc3nncn3CC)C2)[C@@H]2CCCC(=O)N21. The predicted molar refractivity (Wildman–Crippen MR) is 95.8 cm³/mol. The zero-order chi connectivity index (χ0) is 17.4. The van der Waals surface area contributed by atoms with Crippen LogP contribution in [0.25, 0.3) is 0 Å². The van der Waals surface area contributed by atoms with Gasteiger partial charge in [0.1, 0.15) is 12.2 Å². The topological polar surface area (TPSA) is 54.3 Å². The fourth-order valence-electron chi connectivity index (χ4n) is 5.53. The molecule has 0 saturated carbocycles. The second-order valence-electron chi connectivity index (χ2n) is 8.10. The lowest BCUT2D eigenvalue weighted by molar-refractivity contribution is -0.153. The number of likely N-dealkylation sites (tertiary alicyclic amines) is 1. The Hall–Kier alpha value is -1.43. The van der Waals surface area contributed by atoms with Crippen LogP contribution in [0, 0.1) is 11.8 Å². The minimum Gasteiger partial charge on any atom is -0.336 e. The minimum atomic E-state index is 0.420. The average molecular weight is 345 g/mol. The number of piperidine rings is 3. The summed E-state index contributed by atoms with van der Waals surface area (Å²) < 4.78 is 2.14. The highest BCUT2D eigenvalue weighted by molar-refractivity contribution is 5.78. The highest BCUT2D eigenvalue weighted by Crippen LogP contribution is 2.43. The van der Waals surface area contributed by atoms with Crippen molar-refractivity contribution < 1.29 is 4.79 Å². The summed E-state index contributed by atoms with van der Waals surface area (Å²) in [6.07, 6.45) is 8.48. The van der Waals surface area contributed by atoms with E-state index in [1.165, 1.54) is 12.8 Å². The lowest BCUT2D eigenvalue weighted by atomic mass is 9.71. The molecule has 25 heavy (non-hydrogen) atoms. The lowest BCUT2D eigenvalue weighted by Gasteiger charge is -2.56. The molecule has 3 aliphatic rings. The minimum absolute atomic E-state index is 0.420. The van der Waals surface area contributed by atoms with Gasteiger partial charge in [-0.25, -0.2) is 0 Å². The first-order valence-corrected chi connectivity index (χ1v) is 10.1. The van der Waals surface area contributed by atoms with Gasteiger partial charge in [0.15, 0.2) is 0 Å². The van der Waals surface area contributed by atoms with Crippen LogP contribution in [0.2, 0.25) is 0 Å². The quantitative estimate of drug-likeness (QED) is 0.822. The van der Waals surface area contributed by atoms with Crippen LogP contribution in [0.3, 0.4) is 0 Å². The molecule has 4 atom stereocenters. The number of hydrogen-bond acceptors (Lipinski definition) is 4. The Bertz CT molecular complexity index is 615. The van der Waals surface area contributed by atoms with Gasteiger partial charge in [0, 0.05) is 38.1 Å². The summed E-state index contributed by atoms with van der Waals surface area (Å²) in [6.45, 7) is 8.39. The molecule has 4 rings (SSSR count). The smallest absolute Gasteiger partial charge is 0.223 e. The fourth-order valence-corrected chi connectivity index (χ4v) is 5.53. The fraction of sp³-hybridized carbons (Fsp3) is 0.842. The number of carbonyl (C=O) groups is 1. The largest absolute Gasteiger partial charge is 0.336 e. The van der Waals surface area contributed by atoms with Crippen LogP contribution in [0.15, 0.2) is 6.33 Å². The highest BCUT2D eigenvalue weighted by Gasteiger charge is 2.48. The molecule has 1 aromatic rings. The molecule has 0 aromatic carbocycles. The van der Waals surface area contributed by atoms with Gasteiger partial charge < -0.3 is 9.47 Å². The molecular formula is C19H31N5O. The van der Waals surface area contributed by atoms with Gasteiger partial charge in [-0.15, -0.1) is 10.2 Å². The van der Waals surface area contributed by atoms with Crippen LogP contribution in [0.4, 0.5) is 0 Å². The third-order valence-corrected chi connectivity index (χ3v) is 6.56. The number of hydrogen-bond donors (Lipinski definition) is 0. The zero-order valence-electron chi connectivity index (χ0n) is 15.6. The summed E-state index contributed by atoms with van der Waals surface area (Å²) in [5.74, 6) is 2.75. The zero-order valence-corrected chi connectivity index (χ0v) is 15.6. The Balaban J connectivity index is 1.54. The number of carbonyl (C=O) groups excluding carboxylic acids is 1. The first kappa shape index (κ1) is 17.0. The van der Waals surface area contributed by atoms with Crippen LogP contribution in [0.1, 0.15) is 58.2 Å². The molecule has 0 spiro atoms. The number of amides is 1. The number of fused-ring (bicyclic) bond motifs is 4. The Kier molecular flexibility index (Phi) is 4.80. The Morgan fingerprint density at radius 1 is 1.24 bits per heavy atom. The maximum absolute atomic E-state index is 12.7. The molecule has 0 aliphatic carbocycles. The molecule has 3 fully saturated rings. The van der Waals surface area contributed by atoms with Crippen molar-refractivity contribution in [2.45, 2.75) is 77.5 Å². The number of nitrogens with zero attached hydrogens (tertiary/aromatic N) is 5. The van der Waals surface area contributed by atoms with Crippen LogP contribution in [-0.2, 0) is 17.9 Å². The van der Waals surface area contributed by atoms with Crippen molar-refractivity contribution in [2.75, 3.05) is 13.1 Å². The molecule has 0 N–H and O–H groups in total. The van der Waals surface area contributed by atoms with Gasteiger partial charge in [-0.3, -0.25) is 9.69 Å². The van der Waals surface area contributed by atoms with E-state index < -0.39 is 0 Å². The number of aryl methyl sites for hydroxylation is 1. The van der Waals surface area contributed by atoms with Crippen molar-refractivity contribution in [3.8, 4) is 0 Å². The summed E-state index contributed by atoms with van der Waals surface area (Å²) >= 11 is 0. The molecule has 1 aromatic heterocycles. The summed E-state index contributed by atoms with van der Waals surface area (Å²) in [6, 6.07) is 0.923. The van der Waals surface area contributed by atoms with Crippen LogP contribution in [-0.4, -0.2) is 55.6 Å². The summed E-state index contributed by atoms with van der Waals surface area (Å²) in [5, 5.41) is 8.41. The van der Waals surface area contributed by atoms with E-state index >= 15 is 0 Å². The first-order chi connectivity index (χ1) is 12.2. The van der Waals surface area contributed by atoms with Gasteiger partial charge in [0.25, 0.3) is 0 Å². The summed E-state index contributed by atoms with van der Waals surface area (Å²) in [7, 11) is 0. The molecule has 3 saturated heterocycles. The van der Waals surface area contributed by atoms with Crippen molar-refractivity contribution in [1.82, 2.24) is 24.6 Å². The van der Waals surface area contributed by atoms with Crippen LogP contribution < -0.4 is 0 Å². The highest BCUT2D eigenvalue weighted by atomic mass is 16.2. The maximum Gasteiger partial charge on any atom is 0.223 e. The van der Waals surface area contributed by atoms with E-state index in [9.17, 15) is 4.79 Å². The molecule has 0 radical (unpaired) electrons. The van der Waals surface area contributed by atoms with E-state index in [4.69, 9.17) is 0 Å². The molecule has 138 valence electrons. The molecule has 2 bridgehead atoms. The van der Waals surface area contributed by atoms with Crippen molar-refractivity contribution in [3.05, 3.63) is 12.2 Å². The van der Waals surface area contributed by atoms with Crippen molar-refractivity contribution >= 4 is 5.91 Å². The van der Waals surface area contributed by atoms with E-state index in [2.05, 4.69) is 38.4 Å². The van der Waals surface area contributed by atoms with E-state index in [0.717, 1.165) is 57.7 Å². The van der Waals surface area contributed by atoms with Crippen molar-refractivity contribution in [2.24, 2.45) is 11.8 Å². The first-order valence-electron chi connectivity index (χ1n) is 10.1. The number of rotatable bonds is 5. The maximum atomic E-state index is 12.7. The molecule has 4 heterocycles. The van der Waals surface area contributed by atoms with Gasteiger partial charge in [-0.05, 0) is 44.4 Å².